The minimum absolute atomic E-state index is 0.0827. The zero-order valence-electron chi connectivity index (χ0n) is 13.9. The number of hydrogen-bond donors (Lipinski definition) is 1. The van der Waals surface area contributed by atoms with Crippen molar-refractivity contribution in [2.75, 3.05) is 0 Å². The number of nitrogens with zero attached hydrogens (tertiary/aromatic N) is 4. The number of allylic oxidation sites excluding steroid dienone is 2. The van der Waals surface area contributed by atoms with E-state index in [1.165, 1.54) is 0 Å². The van der Waals surface area contributed by atoms with Crippen molar-refractivity contribution in [1.82, 2.24) is 9.97 Å². The van der Waals surface area contributed by atoms with Crippen molar-refractivity contribution < 1.29 is 5.11 Å². The molecule has 5 heteroatoms. The molecule has 1 unspecified atom stereocenters. The monoisotopic (exact) mass is 332 g/mol. The summed E-state index contributed by atoms with van der Waals surface area (Å²) in [7, 11) is 0. The van der Waals surface area contributed by atoms with Crippen molar-refractivity contribution in [3.8, 4) is 0 Å². The number of aromatic nitrogens is 2. The van der Waals surface area contributed by atoms with Gasteiger partial charge in [0.05, 0.1) is 23.2 Å². The smallest absolute Gasteiger partial charge is 0.115 e. The molecule has 2 aromatic heterocycles. The molecule has 0 bridgehead atoms. The maximum Gasteiger partial charge on any atom is 0.115 e. The lowest BCUT2D eigenvalue weighted by Gasteiger charge is -2.28. The topological polar surface area (TPSA) is 70.7 Å². The fourth-order valence-corrected chi connectivity index (χ4v) is 3.46. The van der Waals surface area contributed by atoms with Gasteiger partial charge in [0.1, 0.15) is 5.71 Å². The molecule has 0 spiro atoms. The van der Waals surface area contributed by atoms with Crippen molar-refractivity contribution >= 4 is 11.4 Å². The Morgan fingerprint density at radius 1 is 0.840 bits per heavy atom. The lowest BCUT2D eigenvalue weighted by Crippen LogP contribution is -2.30. The molecule has 1 N–H and O–H groups in total. The van der Waals surface area contributed by atoms with Gasteiger partial charge in [-0.25, -0.2) is 0 Å². The van der Waals surface area contributed by atoms with Crippen LogP contribution in [0.2, 0.25) is 0 Å². The maximum absolute atomic E-state index is 10.1. The van der Waals surface area contributed by atoms with Crippen LogP contribution in [0.25, 0.3) is 0 Å². The van der Waals surface area contributed by atoms with Crippen molar-refractivity contribution in [2.45, 2.75) is 31.8 Å². The van der Waals surface area contributed by atoms with Gasteiger partial charge in [-0.15, -0.1) is 5.10 Å². The van der Waals surface area contributed by atoms with Gasteiger partial charge < -0.3 is 5.11 Å². The van der Waals surface area contributed by atoms with Crippen molar-refractivity contribution in [3.63, 3.8) is 0 Å². The molecule has 0 aromatic carbocycles. The fourth-order valence-electron chi connectivity index (χ4n) is 3.46. The van der Waals surface area contributed by atoms with Crippen molar-refractivity contribution in [3.05, 3.63) is 71.8 Å². The van der Waals surface area contributed by atoms with Crippen LogP contribution in [0.5, 0.6) is 0 Å². The molecule has 0 saturated carbocycles. The highest BCUT2D eigenvalue weighted by atomic mass is 16.3. The van der Waals surface area contributed by atoms with Gasteiger partial charge in [0.25, 0.3) is 0 Å². The van der Waals surface area contributed by atoms with Crippen LogP contribution < -0.4 is 0 Å². The van der Waals surface area contributed by atoms with E-state index >= 15 is 0 Å². The van der Waals surface area contributed by atoms with E-state index in [0.29, 0.717) is 0 Å². The molecule has 0 saturated heterocycles. The Morgan fingerprint density at radius 3 is 2.32 bits per heavy atom. The van der Waals surface area contributed by atoms with Gasteiger partial charge in [-0.3, -0.25) is 9.97 Å². The van der Waals surface area contributed by atoms with Crippen LogP contribution in [0.3, 0.4) is 0 Å². The van der Waals surface area contributed by atoms with E-state index in [0.717, 1.165) is 54.1 Å². The third-order valence-corrected chi connectivity index (χ3v) is 4.72. The zero-order valence-corrected chi connectivity index (χ0v) is 13.9. The third kappa shape index (κ3) is 3.28. The van der Waals surface area contributed by atoms with E-state index in [2.05, 4.69) is 26.2 Å². The van der Waals surface area contributed by atoms with Gasteiger partial charge in [-0.05, 0) is 55.5 Å². The molecule has 0 radical (unpaired) electrons. The Labute approximate surface area is 146 Å². The molecule has 2 atom stereocenters. The minimum Gasteiger partial charge on any atom is -0.393 e. The highest BCUT2D eigenvalue weighted by Gasteiger charge is 2.32. The summed E-state index contributed by atoms with van der Waals surface area (Å²) < 4.78 is 0. The molecule has 1 aliphatic heterocycles. The SMILES string of the molecule is O[C@H]1CC/C=C2/C(c3ccccn3)=NN=C(c3ccccn3)C2CC1. The predicted octanol–water partition coefficient (Wildman–Crippen LogP) is 3.16. The Kier molecular flexibility index (Phi) is 4.48. The zero-order chi connectivity index (χ0) is 17.1. The lowest BCUT2D eigenvalue weighted by atomic mass is 9.80. The van der Waals surface area contributed by atoms with Gasteiger partial charge in [0.15, 0.2) is 0 Å². The van der Waals surface area contributed by atoms with Gasteiger partial charge in [0.2, 0.25) is 0 Å². The third-order valence-electron chi connectivity index (χ3n) is 4.72. The van der Waals surface area contributed by atoms with Crippen LogP contribution in [-0.2, 0) is 0 Å². The first-order chi connectivity index (χ1) is 12.3. The summed E-state index contributed by atoms with van der Waals surface area (Å²) >= 11 is 0. The Morgan fingerprint density at radius 2 is 1.60 bits per heavy atom. The van der Waals surface area contributed by atoms with E-state index in [4.69, 9.17) is 0 Å². The predicted molar refractivity (Wildman–Crippen MR) is 97.6 cm³/mol. The van der Waals surface area contributed by atoms with Gasteiger partial charge in [-0.1, -0.05) is 18.2 Å². The molecule has 1 aliphatic carbocycles. The second-order valence-corrected chi connectivity index (χ2v) is 6.38. The molecule has 25 heavy (non-hydrogen) atoms. The van der Waals surface area contributed by atoms with Crippen LogP contribution in [0.4, 0.5) is 0 Å². The number of aliphatic hydroxyl groups is 1. The molecule has 2 aliphatic rings. The van der Waals surface area contributed by atoms with Gasteiger partial charge in [-0.2, -0.15) is 5.10 Å². The van der Waals surface area contributed by atoms with Crippen molar-refractivity contribution in [1.29, 1.82) is 0 Å². The second kappa shape index (κ2) is 7.07. The number of fused-ring (bicyclic) bond motifs is 1. The molecular weight excluding hydrogens is 312 g/mol. The molecule has 0 amide bonds. The first-order valence-electron chi connectivity index (χ1n) is 8.70. The second-order valence-electron chi connectivity index (χ2n) is 6.38. The summed E-state index contributed by atoms with van der Waals surface area (Å²) in [6.45, 7) is 0. The van der Waals surface area contributed by atoms with Crippen LogP contribution in [0.1, 0.15) is 37.1 Å². The van der Waals surface area contributed by atoms with Crippen LogP contribution in [0, 0.1) is 5.92 Å². The standard InChI is InChI=1S/C20H20N4O/c25-14-6-5-7-15-16(11-10-14)20(18-9-2-4-13-22-18)24-23-19(15)17-8-1-3-12-21-17/h1-4,7-9,12-14,16,25H,5-6,10-11H2/b15-7+/t14-,16?/m0/s1. The summed E-state index contributed by atoms with van der Waals surface area (Å²) in [6, 6.07) is 11.7. The molecule has 126 valence electrons. The van der Waals surface area contributed by atoms with E-state index in [1.807, 2.05) is 36.4 Å². The van der Waals surface area contributed by atoms with E-state index in [9.17, 15) is 5.11 Å². The highest BCUT2D eigenvalue weighted by Crippen LogP contribution is 2.32. The quantitative estimate of drug-likeness (QED) is 0.918. The summed E-state index contributed by atoms with van der Waals surface area (Å²) in [6.07, 6.45) is 8.67. The van der Waals surface area contributed by atoms with Gasteiger partial charge in [0, 0.05) is 18.3 Å². The Hall–Kier alpha value is -2.66. The van der Waals surface area contributed by atoms with Crippen LogP contribution in [-0.4, -0.2) is 32.6 Å². The van der Waals surface area contributed by atoms with Crippen LogP contribution in [0.15, 0.2) is 70.6 Å². The highest BCUT2D eigenvalue weighted by molar-refractivity contribution is 6.19. The average Bonchev–Trinajstić information content (AvgIpc) is 2.66. The summed E-state index contributed by atoms with van der Waals surface area (Å²) in [4.78, 5) is 8.91. The summed E-state index contributed by atoms with van der Waals surface area (Å²) in [5.74, 6) is 0.0827. The molecule has 3 heterocycles. The number of pyridine rings is 2. The maximum atomic E-state index is 10.1. The Bertz CT molecular complexity index is 827. The largest absolute Gasteiger partial charge is 0.393 e. The lowest BCUT2D eigenvalue weighted by molar-refractivity contribution is 0.149. The first-order valence-corrected chi connectivity index (χ1v) is 8.70. The number of hydrogen-bond acceptors (Lipinski definition) is 5. The molecule has 0 fully saturated rings. The average molecular weight is 332 g/mol. The molecule has 5 nitrogen and oxygen atoms in total. The van der Waals surface area contributed by atoms with Gasteiger partial charge >= 0.3 is 0 Å². The van der Waals surface area contributed by atoms with E-state index < -0.39 is 0 Å². The number of rotatable bonds is 2. The van der Waals surface area contributed by atoms with E-state index in [1.54, 1.807) is 12.4 Å². The fraction of sp³-hybridized carbons (Fsp3) is 0.300. The molecule has 2 aromatic rings. The minimum atomic E-state index is -0.264. The van der Waals surface area contributed by atoms with Crippen molar-refractivity contribution in [2.24, 2.45) is 16.1 Å². The normalized spacial score (nSPS) is 25.6. The summed E-state index contributed by atoms with van der Waals surface area (Å²) in [5.41, 5.74) is 4.55. The first kappa shape index (κ1) is 15.8. The molecular formula is C20H20N4O. The number of aliphatic hydroxyl groups excluding tert-OH is 1. The summed E-state index contributed by atoms with van der Waals surface area (Å²) in [5, 5.41) is 19.1. The molecule has 4 rings (SSSR count). The van der Waals surface area contributed by atoms with Crippen LogP contribution >= 0.6 is 0 Å². The Balaban J connectivity index is 1.82. The van der Waals surface area contributed by atoms with E-state index in [-0.39, 0.29) is 12.0 Å².